The third-order valence-corrected chi connectivity index (χ3v) is 8.76. The number of fused-ring (bicyclic) bond motifs is 3. The first-order valence-corrected chi connectivity index (χ1v) is 10.3. The highest BCUT2D eigenvalue weighted by Gasteiger charge is 2.76. The van der Waals surface area contributed by atoms with Gasteiger partial charge in [0.05, 0.1) is 17.6 Å². The molecule has 6 heteroatoms. The minimum atomic E-state index is -1.23. The molecule has 0 aromatic rings. The molecule has 3 N–H and O–H groups in total. The van der Waals surface area contributed by atoms with Crippen molar-refractivity contribution in [1.82, 2.24) is 0 Å². The molecule has 0 unspecified atom stereocenters. The molecule has 0 heterocycles. The van der Waals surface area contributed by atoms with E-state index in [9.17, 15) is 24.9 Å². The maximum Gasteiger partial charge on any atom is 0.303 e. The second-order valence-electron chi connectivity index (χ2n) is 10.5. The van der Waals surface area contributed by atoms with E-state index in [1.807, 2.05) is 20.8 Å². The van der Waals surface area contributed by atoms with Crippen LogP contribution in [0.2, 0.25) is 0 Å². The largest absolute Gasteiger partial charge is 0.459 e. The first kappa shape index (κ1) is 20.0. The summed E-state index contributed by atoms with van der Waals surface area (Å²) in [5.74, 6) is -1.69. The molecule has 2 bridgehead atoms. The fourth-order valence-electron chi connectivity index (χ4n) is 7.82. The highest BCUT2D eigenvalue weighted by atomic mass is 16.6. The second kappa shape index (κ2) is 5.89. The number of aliphatic hydroxyl groups excluding tert-OH is 3. The Kier molecular flexibility index (Phi) is 4.22. The van der Waals surface area contributed by atoms with Crippen LogP contribution in [0.5, 0.6) is 0 Å². The topological polar surface area (TPSA) is 104 Å². The van der Waals surface area contributed by atoms with Crippen LogP contribution in [-0.4, -0.2) is 51.5 Å². The zero-order chi connectivity index (χ0) is 20.8. The summed E-state index contributed by atoms with van der Waals surface area (Å²) >= 11 is 0. The van der Waals surface area contributed by atoms with Crippen molar-refractivity contribution in [3.63, 3.8) is 0 Å². The first-order chi connectivity index (χ1) is 12.9. The van der Waals surface area contributed by atoms with Gasteiger partial charge in [-0.3, -0.25) is 9.59 Å². The van der Waals surface area contributed by atoms with E-state index >= 15 is 0 Å². The predicted molar refractivity (Wildman–Crippen MR) is 101 cm³/mol. The summed E-state index contributed by atoms with van der Waals surface area (Å²) in [4.78, 5) is 25.4. The van der Waals surface area contributed by atoms with Gasteiger partial charge in [-0.25, -0.2) is 0 Å². The van der Waals surface area contributed by atoms with Crippen LogP contribution in [0.3, 0.4) is 0 Å². The lowest BCUT2D eigenvalue weighted by Crippen LogP contribution is -2.73. The van der Waals surface area contributed by atoms with E-state index < -0.39 is 52.5 Å². The van der Waals surface area contributed by atoms with Gasteiger partial charge in [-0.1, -0.05) is 27.4 Å². The lowest BCUT2D eigenvalue weighted by molar-refractivity contribution is -0.281. The van der Waals surface area contributed by atoms with E-state index in [0.29, 0.717) is 31.3 Å². The second-order valence-corrected chi connectivity index (χ2v) is 10.5. The molecule has 0 aromatic heterocycles. The summed E-state index contributed by atoms with van der Waals surface area (Å²) < 4.78 is 5.67. The van der Waals surface area contributed by atoms with Crippen molar-refractivity contribution in [3.8, 4) is 0 Å². The third kappa shape index (κ3) is 2.20. The van der Waals surface area contributed by atoms with Crippen molar-refractivity contribution >= 4 is 11.8 Å². The molecule has 28 heavy (non-hydrogen) atoms. The summed E-state index contributed by atoms with van der Waals surface area (Å²) in [6, 6.07) is 0. The van der Waals surface area contributed by atoms with Crippen molar-refractivity contribution < 1.29 is 29.6 Å². The lowest BCUT2D eigenvalue weighted by atomic mass is 9.38. The minimum absolute atomic E-state index is 0.145. The Morgan fingerprint density at radius 3 is 2.43 bits per heavy atom. The highest BCUT2D eigenvalue weighted by molar-refractivity contribution is 6.03. The molecule has 0 radical (unpaired) electrons. The number of hydrogen-bond donors (Lipinski definition) is 3. The lowest BCUT2D eigenvalue weighted by Gasteiger charge is -2.67. The van der Waals surface area contributed by atoms with Crippen LogP contribution in [0.4, 0.5) is 0 Å². The molecule has 0 aromatic carbocycles. The van der Waals surface area contributed by atoms with Crippen LogP contribution in [0.15, 0.2) is 12.2 Å². The quantitative estimate of drug-likeness (QED) is 0.463. The number of rotatable bonds is 1. The molecule has 4 rings (SSSR count). The Morgan fingerprint density at radius 1 is 1.18 bits per heavy atom. The minimum Gasteiger partial charge on any atom is -0.459 e. The van der Waals surface area contributed by atoms with E-state index in [0.717, 1.165) is 0 Å². The van der Waals surface area contributed by atoms with Gasteiger partial charge < -0.3 is 20.1 Å². The SMILES string of the molecule is C=C1C(=O)[C@]23C[C@H]1C[C@H](O)[C@H]2[C@]1(C)CC[C@H](O)C(C)(C)[C@H]1[C@@H](OC(C)=O)[C@@H]3O. The summed E-state index contributed by atoms with van der Waals surface area (Å²) in [7, 11) is 0. The Balaban J connectivity index is 1.95. The van der Waals surface area contributed by atoms with Gasteiger partial charge in [0, 0.05) is 18.8 Å². The van der Waals surface area contributed by atoms with Gasteiger partial charge in [0.1, 0.15) is 12.2 Å². The van der Waals surface area contributed by atoms with Crippen molar-refractivity contribution in [3.05, 3.63) is 12.2 Å². The molecular weight excluding hydrogens is 360 g/mol. The van der Waals surface area contributed by atoms with Crippen LogP contribution >= 0.6 is 0 Å². The van der Waals surface area contributed by atoms with Crippen LogP contribution in [0.25, 0.3) is 0 Å². The van der Waals surface area contributed by atoms with E-state index in [1.165, 1.54) is 6.92 Å². The molecule has 156 valence electrons. The zero-order valence-corrected chi connectivity index (χ0v) is 17.1. The predicted octanol–water partition coefficient (Wildman–Crippen LogP) is 1.61. The van der Waals surface area contributed by atoms with E-state index in [2.05, 4.69) is 6.58 Å². The molecule has 1 spiro atoms. The third-order valence-electron chi connectivity index (χ3n) is 8.76. The van der Waals surface area contributed by atoms with Crippen molar-refractivity contribution in [2.24, 2.45) is 34.0 Å². The first-order valence-electron chi connectivity index (χ1n) is 10.3. The van der Waals surface area contributed by atoms with Gasteiger partial charge >= 0.3 is 5.97 Å². The van der Waals surface area contributed by atoms with Gasteiger partial charge in [0.2, 0.25) is 0 Å². The van der Waals surface area contributed by atoms with Crippen LogP contribution < -0.4 is 0 Å². The number of ether oxygens (including phenoxy) is 1. The monoisotopic (exact) mass is 392 g/mol. The molecule has 9 atom stereocenters. The number of Topliss-reactive ketones (excluding diaryl/α,β-unsaturated/α-hetero) is 1. The molecule has 4 aliphatic rings. The summed E-state index contributed by atoms with van der Waals surface area (Å²) in [6.45, 7) is 11.2. The molecular formula is C22H32O6. The number of esters is 1. The molecule has 4 saturated carbocycles. The number of carbonyl (C=O) groups excluding carboxylic acids is 2. The van der Waals surface area contributed by atoms with E-state index in [-0.39, 0.29) is 17.6 Å². The van der Waals surface area contributed by atoms with Crippen LogP contribution in [0.1, 0.15) is 53.4 Å². The average Bonchev–Trinajstić information content (AvgIpc) is 2.78. The summed E-state index contributed by atoms with van der Waals surface area (Å²) in [6.07, 6.45) is -1.45. The molecule has 4 aliphatic carbocycles. The standard InChI is InChI=1S/C22H32O6/c1-10-12-8-13(24)16-21(5)7-6-14(25)20(3,4)17(21)15(28-11(2)23)19(27)22(16,9-12)18(10)26/h12-17,19,24-25,27H,1,6-9H2,2-5H3/t12-,13+,14+,15-,16+,17-,19+,21+,22+/m1/s1. The van der Waals surface area contributed by atoms with Gasteiger partial charge in [-0.15, -0.1) is 0 Å². The Hall–Kier alpha value is -1.24. The Morgan fingerprint density at radius 2 is 1.82 bits per heavy atom. The number of hydrogen-bond acceptors (Lipinski definition) is 6. The van der Waals surface area contributed by atoms with Gasteiger partial charge in [0.15, 0.2) is 5.78 Å². The number of carbonyl (C=O) groups is 2. The maximum absolute atomic E-state index is 13.4. The number of aliphatic hydroxyl groups is 3. The molecule has 0 amide bonds. The fraction of sp³-hybridized carbons (Fsp3) is 0.818. The Labute approximate surface area is 166 Å². The number of allylic oxidation sites excluding steroid dienone is 1. The smallest absolute Gasteiger partial charge is 0.303 e. The highest BCUT2D eigenvalue weighted by Crippen LogP contribution is 2.71. The normalized spacial score (nSPS) is 52.0. The van der Waals surface area contributed by atoms with Gasteiger partial charge in [-0.05, 0) is 48.0 Å². The average molecular weight is 392 g/mol. The van der Waals surface area contributed by atoms with Crippen LogP contribution in [0, 0.1) is 34.0 Å². The van der Waals surface area contributed by atoms with Crippen molar-refractivity contribution in [1.29, 1.82) is 0 Å². The summed E-state index contributed by atoms with van der Waals surface area (Å²) in [5, 5.41) is 33.5. The maximum atomic E-state index is 13.4. The molecule has 0 saturated heterocycles. The Bertz CT molecular complexity index is 743. The fourth-order valence-corrected chi connectivity index (χ4v) is 7.82. The van der Waals surface area contributed by atoms with Gasteiger partial charge in [0.25, 0.3) is 0 Å². The van der Waals surface area contributed by atoms with Gasteiger partial charge in [-0.2, -0.15) is 0 Å². The van der Waals surface area contributed by atoms with Crippen molar-refractivity contribution in [2.75, 3.05) is 0 Å². The molecule has 4 fully saturated rings. The van der Waals surface area contributed by atoms with Crippen molar-refractivity contribution in [2.45, 2.75) is 77.8 Å². The zero-order valence-electron chi connectivity index (χ0n) is 17.1. The molecule has 6 nitrogen and oxygen atoms in total. The van der Waals surface area contributed by atoms with E-state index in [1.54, 1.807) is 0 Å². The number of ketones is 1. The van der Waals surface area contributed by atoms with Crippen LogP contribution in [-0.2, 0) is 14.3 Å². The molecule has 0 aliphatic heterocycles. The van der Waals surface area contributed by atoms with E-state index in [4.69, 9.17) is 4.74 Å². The summed E-state index contributed by atoms with van der Waals surface area (Å²) in [5.41, 5.74) is -1.92.